The molecule has 1 fully saturated rings. The van der Waals surface area contributed by atoms with Crippen molar-refractivity contribution in [2.24, 2.45) is 5.10 Å². The van der Waals surface area contributed by atoms with E-state index in [1.165, 1.54) is 42.2 Å². The van der Waals surface area contributed by atoms with Crippen molar-refractivity contribution < 1.29 is 9.53 Å². The van der Waals surface area contributed by atoms with Gasteiger partial charge < -0.3 is 9.64 Å². The summed E-state index contributed by atoms with van der Waals surface area (Å²) in [6.45, 7) is 6.34. The maximum atomic E-state index is 13.1. The minimum absolute atomic E-state index is 0.132. The van der Waals surface area contributed by atoms with E-state index in [0.717, 1.165) is 69.3 Å². The highest BCUT2D eigenvalue weighted by Crippen LogP contribution is 2.36. The largest absolute Gasteiger partial charge is 0.497 e. The highest BCUT2D eigenvalue weighted by atomic mass is 32.2. The van der Waals surface area contributed by atoms with Gasteiger partial charge in [-0.3, -0.25) is 9.36 Å². The first kappa shape index (κ1) is 32.0. The number of aryl methyl sites for hydroxylation is 2. The Hall–Kier alpha value is -4.00. The molecule has 6 rings (SSSR count). The van der Waals surface area contributed by atoms with Crippen LogP contribution in [0.4, 0.5) is 5.13 Å². The maximum Gasteiger partial charge on any atom is 0.250 e. The van der Waals surface area contributed by atoms with Crippen molar-refractivity contribution in [2.45, 2.75) is 51.1 Å². The number of thiophene rings is 1. The Bertz CT molecular complexity index is 1770. The van der Waals surface area contributed by atoms with E-state index in [-0.39, 0.29) is 11.7 Å². The van der Waals surface area contributed by atoms with E-state index in [1.807, 2.05) is 30.3 Å². The highest BCUT2D eigenvalue weighted by molar-refractivity contribution is 7.99. The van der Waals surface area contributed by atoms with Crippen molar-refractivity contribution in [3.63, 3.8) is 0 Å². The molecule has 4 heterocycles. The molecule has 1 aliphatic heterocycles. The van der Waals surface area contributed by atoms with Crippen LogP contribution in [0, 0.1) is 0 Å². The zero-order valence-corrected chi connectivity index (χ0v) is 28.7. The topological polar surface area (TPSA) is 97.5 Å². The normalized spacial score (nSPS) is 13.4. The summed E-state index contributed by atoms with van der Waals surface area (Å²) in [5.41, 5.74) is 8.01. The monoisotopic (exact) mass is 671 g/mol. The fourth-order valence-electron chi connectivity index (χ4n) is 5.54. The number of carbonyl (C=O) groups is 1. The maximum absolute atomic E-state index is 13.1. The third kappa shape index (κ3) is 7.03. The molecule has 1 saturated heterocycles. The average Bonchev–Trinajstić information content (AvgIpc) is 3.88. The number of hydrazone groups is 1. The first-order valence-corrected chi connectivity index (χ1v) is 18.2. The molecule has 0 radical (unpaired) electrons. The molecule has 0 bridgehead atoms. The van der Waals surface area contributed by atoms with E-state index in [9.17, 15) is 4.79 Å². The van der Waals surface area contributed by atoms with Crippen molar-refractivity contribution in [2.75, 3.05) is 30.9 Å². The van der Waals surface area contributed by atoms with Crippen molar-refractivity contribution in [3.8, 4) is 33.4 Å². The summed E-state index contributed by atoms with van der Waals surface area (Å²) >= 11 is 4.62. The number of methoxy groups -OCH3 is 1. The number of thioether (sulfide) groups is 1. The van der Waals surface area contributed by atoms with Gasteiger partial charge in [0.2, 0.25) is 0 Å². The first-order chi connectivity index (χ1) is 22.6. The number of hydrogen-bond donors (Lipinski definition) is 1. The second-order valence-corrected chi connectivity index (χ2v) is 13.7. The average molecular weight is 672 g/mol. The molecule has 5 aromatic rings. The number of thiazole rings is 1. The van der Waals surface area contributed by atoms with Crippen LogP contribution in [0.5, 0.6) is 5.75 Å². The number of aromatic nitrogens is 4. The van der Waals surface area contributed by atoms with Crippen LogP contribution < -0.4 is 15.1 Å². The predicted octanol–water partition coefficient (Wildman–Crippen LogP) is 7.49. The van der Waals surface area contributed by atoms with E-state index >= 15 is 0 Å². The molecule has 238 valence electrons. The quantitative estimate of drug-likeness (QED) is 0.0834. The van der Waals surface area contributed by atoms with Gasteiger partial charge in [-0.2, -0.15) is 5.10 Å². The van der Waals surface area contributed by atoms with E-state index in [0.29, 0.717) is 5.16 Å². The van der Waals surface area contributed by atoms with Crippen LogP contribution in [0.15, 0.2) is 70.2 Å². The number of nitrogens with one attached hydrogen (secondary N) is 1. The van der Waals surface area contributed by atoms with E-state index in [4.69, 9.17) is 9.72 Å². The van der Waals surface area contributed by atoms with Crippen LogP contribution in [-0.2, 0) is 17.6 Å². The van der Waals surface area contributed by atoms with Crippen LogP contribution in [0.25, 0.3) is 27.6 Å². The van der Waals surface area contributed by atoms with E-state index in [1.54, 1.807) is 36.0 Å². The van der Waals surface area contributed by atoms with Crippen LogP contribution in [0.3, 0.4) is 0 Å². The number of carbonyl (C=O) groups excluding carboxylic acids is 1. The molecule has 0 atom stereocenters. The third-order valence-corrected chi connectivity index (χ3v) is 10.8. The Balaban J connectivity index is 1.22. The molecule has 0 saturated carbocycles. The minimum atomic E-state index is -0.222. The number of ether oxygens (including phenoxy) is 1. The number of benzene rings is 2. The number of amides is 1. The molecule has 1 aliphatic rings. The molecule has 0 unspecified atom stereocenters. The molecule has 3 aromatic heterocycles. The molecule has 12 heteroatoms. The van der Waals surface area contributed by atoms with Gasteiger partial charge in [0.15, 0.2) is 16.1 Å². The van der Waals surface area contributed by atoms with Gasteiger partial charge in [-0.25, -0.2) is 10.4 Å². The lowest BCUT2D eigenvalue weighted by Gasteiger charge is -2.25. The number of piperidine rings is 1. The summed E-state index contributed by atoms with van der Waals surface area (Å²) in [6.07, 6.45) is 7.06. The Morgan fingerprint density at radius 2 is 1.78 bits per heavy atom. The van der Waals surface area contributed by atoms with Gasteiger partial charge in [-0.1, -0.05) is 61.2 Å². The molecule has 2 aromatic carbocycles. The van der Waals surface area contributed by atoms with Crippen molar-refractivity contribution in [1.82, 2.24) is 25.2 Å². The van der Waals surface area contributed by atoms with Gasteiger partial charge >= 0.3 is 0 Å². The van der Waals surface area contributed by atoms with Crippen LogP contribution in [0.1, 0.15) is 49.1 Å². The smallest absolute Gasteiger partial charge is 0.250 e. The highest BCUT2D eigenvalue weighted by Gasteiger charge is 2.22. The van der Waals surface area contributed by atoms with Gasteiger partial charge in [0.1, 0.15) is 11.4 Å². The van der Waals surface area contributed by atoms with Gasteiger partial charge in [0.05, 0.1) is 34.5 Å². The van der Waals surface area contributed by atoms with Crippen molar-refractivity contribution >= 4 is 51.7 Å². The summed E-state index contributed by atoms with van der Waals surface area (Å²) in [5.74, 6) is 1.40. The lowest BCUT2D eigenvalue weighted by atomic mass is 10.0. The Morgan fingerprint density at radius 1 is 1.02 bits per heavy atom. The molecular formula is C34H37N7O2S3. The summed E-state index contributed by atoms with van der Waals surface area (Å²) in [4.78, 5) is 22.4. The van der Waals surface area contributed by atoms with E-state index < -0.39 is 0 Å². The summed E-state index contributed by atoms with van der Waals surface area (Å²) < 4.78 is 7.46. The summed E-state index contributed by atoms with van der Waals surface area (Å²) in [5, 5.41) is 17.2. The van der Waals surface area contributed by atoms with Crippen molar-refractivity contribution in [3.05, 3.63) is 76.0 Å². The molecule has 1 N–H and O–H groups in total. The Morgan fingerprint density at radius 3 is 2.46 bits per heavy atom. The van der Waals surface area contributed by atoms with Crippen LogP contribution >= 0.6 is 34.4 Å². The fourth-order valence-corrected chi connectivity index (χ4v) is 8.06. The second kappa shape index (κ2) is 15.1. The Kier molecular flexibility index (Phi) is 10.5. The SMILES string of the molecule is CCc1cccc(CC)c1-n1c(SCC(=O)N/N=C\c2sc(N3CCCCC3)nc2-c2cccs2)nnc1-c1ccc(OC)cc1. The first-order valence-electron chi connectivity index (χ1n) is 15.5. The Labute approximate surface area is 281 Å². The van der Waals surface area contributed by atoms with Gasteiger partial charge in [-0.15, -0.1) is 21.5 Å². The van der Waals surface area contributed by atoms with Gasteiger partial charge in [0, 0.05) is 18.7 Å². The predicted molar refractivity (Wildman–Crippen MR) is 190 cm³/mol. The molecule has 0 aliphatic carbocycles. The summed E-state index contributed by atoms with van der Waals surface area (Å²) in [7, 11) is 1.65. The standard InChI is InChI=1S/C34H37N7O2S3/c1-4-23-11-9-12-24(5-2)31(23)41-32(25-14-16-26(43-3)17-15-25)38-39-34(41)45-22-29(42)37-35-21-28-30(27-13-10-20-44-27)36-33(46-28)40-18-7-6-8-19-40/h9-17,20-21H,4-8,18-19,22H2,1-3H3,(H,37,42)/b35-21-. The van der Waals surface area contributed by atoms with Crippen molar-refractivity contribution in [1.29, 1.82) is 0 Å². The summed E-state index contributed by atoms with van der Waals surface area (Å²) in [6, 6.07) is 18.3. The molecule has 0 spiro atoms. The minimum Gasteiger partial charge on any atom is -0.497 e. The number of hydrogen-bond acceptors (Lipinski definition) is 10. The van der Waals surface area contributed by atoms with Gasteiger partial charge in [0.25, 0.3) is 5.91 Å². The van der Waals surface area contributed by atoms with Crippen LogP contribution in [-0.4, -0.2) is 57.8 Å². The fraction of sp³-hybridized carbons (Fsp3) is 0.324. The molecule has 46 heavy (non-hydrogen) atoms. The van der Waals surface area contributed by atoms with Crippen LogP contribution in [0.2, 0.25) is 0 Å². The molecular weight excluding hydrogens is 635 g/mol. The zero-order chi connectivity index (χ0) is 31.9. The molecule has 9 nitrogen and oxygen atoms in total. The number of para-hydroxylation sites is 1. The van der Waals surface area contributed by atoms with E-state index in [2.05, 4.69) is 73.7 Å². The zero-order valence-electron chi connectivity index (χ0n) is 26.2. The lowest BCUT2D eigenvalue weighted by molar-refractivity contribution is -0.118. The number of rotatable bonds is 12. The number of nitrogens with zero attached hydrogens (tertiary/aromatic N) is 6. The lowest BCUT2D eigenvalue weighted by Crippen LogP contribution is -2.29. The van der Waals surface area contributed by atoms with Gasteiger partial charge in [-0.05, 0) is 78.9 Å². The number of anilines is 1. The third-order valence-electron chi connectivity index (χ3n) is 7.90. The molecule has 1 amide bonds. The second-order valence-electron chi connectivity index (χ2n) is 10.8.